The molecule has 10 heteroatoms. The van der Waals surface area contributed by atoms with Crippen molar-refractivity contribution >= 4 is 12.1 Å². The minimum Gasteiger partial charge on any atom is -0.569 e. The van der Waals surface area contributed by atoms with Crippen LogP contribution in [-0.4, -0.2) is 54.2 Å². The minimum atomic E-state index is -1.20. The Labute approximate surface area is 96.5 Å². The topological polar surface area (TPSA) is 124 Å². The maximum Gasteiger partial charge on any atom is 0.511 e. The Balaban J connectivity index is 3.83. The van der Waals surface area contributed by atoms with E-state index < -0.39 is 25.5 Å². The molecule has 98 valence electrons. The Bertz CT molecular complexity index is 293. The molecule has 0 saturated heterocycles. The summed E-state index contributed by atoms with van der Waals surface area (Å²) in [4.78, 5) is 25.1. The van der Waals surface area contributed by atoms with Crippen molar-refractivity contribution in [2.75, 3.05) is 27.0 Å². The predicted molar refractivity (Wildman–Crippen MR) is 50.4 cm³/mol. The normalized spacial score (nSPS) is 10.6. The number of carboxylic acids is 1. The summed E-state index contributed by atoms with van der Waals surface area (Å²) in [5, 5.41) is 23.0. The summed E-state index contributed by atoms with van der Waals surface area (Å²) in [6.45, 7) is 0.575. The highest BCUT2D eigenvalue weighted by molar-refractivity contribution is 5.68. The summed E-state index contributed by atoms with van der Waals surface area (Å²) in [5.41, 5.74) is 0. The average Bonchev–Trinajstić information content (AvgIpc) is 2.23. The molecule has 0 aliphatic heterocycles. The van der Waals surface area contributed by atoms with E-state index in [2.05, 4.69) is 19.6 Å². The fourth-order valence-electron chi connectivity index (χ4n) is 0.626. The number of aliphatic carboxylic acids is 1. The van der Waals surface area contributed by atoms with Crippen molar-refractivity contribution in [3.05, 3.63) is 5.21 Å². The fourth-order valence-corrected chi connectivity index (χ4v) is 0.626. The first-order valence-corrected chi connectivity index (χ1v) is 4.50. The Morgan fingerprint density at radius 3 is 2.65 bits per heavy atom. The van der Waals surface area contributed by atoms with Crippen LogP contribution >= 0.6 is 0 Å². The molecule has 17 heavy (non-hydrogen) atoms. The maximum absolute atomic E-state index is 11.0. The second-order valence-electron chi connectivity index (χ2n) is 2.62. The first kappa shape index (κ1) is 14.7. The predicted octanol–water partition coefficient (Wildman–Crippen LogP) is -0.0575. The van der Waals surface area contributed by atoms with Gasteiger partial charge in [-0.1, -0.05) is 0 Å². The van der Waals surface area contributed by atoms with Gasteiger partial charge in [0.2, 0.25) is 5.28 Å². The molecule has 0 aromatic heterocycles. The number of likely N-dealkylation sites (N-methyl/N-ethyl adjacent to an activating group) is 1. The molecule has 0 unspecified atom stereocenters. The quantitative estimate of drug-likeness (QED) is 0.167. The van der Waals surface area contributed by atoms with Crippen LogP contribution in [0.25, 0.3) is 0 Å². The second-order valence-corrected chi connectivity index (χ2v) is 2.62. The average molecular weight is 251 g/mol. The van der Waals surface area contributed by atoms with Crippen LogP contribution in [0.4, 0.5) is 4.79 Å². The van der Waals surface area contributed by atoms with E-state index in [1.165, 1.54) is 7.05 Å². The van der Waals surface area contributed by atoms with Crippen molar-refractivity contribution in [3.8, 4) is 0 Å². The van der Waals surface area contributed by atoms with Crippen molar-refractivity contribution in [3.63, 3.8) is 0 Å². The number of rotatable bonds is 7. The van der Waals surface area contributed by atoms with E-state index in [1.807, 2.05) is 0 Å². The monoisotopic (exact) mass is 251 g/mol. The molecule has 0 saturated carbocycles. The number of hydrazine groups is 1. The van der Waals surface area contributed by atoms with Gasteiger partial charge in [0.1, 0.15) is 0 Å². The number of carbonyl (C=O) groups excluding carboxylic acids is 1. The van der Waals surface area contributed by atoms with Crippen LogP contribution in [0.5, 0.6) is 0 Å². The number of hydrogen-bond acceptors (Lipinski definition) is 7. The standard InChI is InChI=1S/C7H13N3O7/c1-3-15-7(13)16-5-17-8-10(14)9(2)4-6(11)12/h3-5H2,1-2H3,(H,11,12)/b10-8-. The Morgan fingerprint density at radius 2 is 2.12 bits per heavy atom. The molecule has 10 nitrogen and oxygen atoms in total. The van der Waals surface area contributed by atoms with Crippen LogP contribution in [0.15, 0.2) is 5.28 Å². The third kappa shape index (κ3) is 7.64. The van der Waals surface area contributed by atoms with E-state index in [0.29, 0.717) is 0 Å². The molecular weight excluding hydrogens is 238 g/mol. The van der Waals surface area contributed by atoms with Crippen molar-refractivity contribution in [1.82, 2.24) is 5.01 Å². The maximum atomic E-state index is 11.0. The molecule has 0 bridgehead atoms. The lowest BCUT2D eigenvalue weighted by atomic mass is 10.7. The molecule has 0 heterocycles. The lowest BCUT2D eigenvalue weighted by Crippen LogP contribution is -2.31. The Kier molecular flexibility index (Phi) is 6.90. The third-order valence-electron chi connectivity index (χ3n) is 1.28. The van der Waals surface area contributed by atoms with E-state index in [0.717, 1.165) is 5.01 Å². The van der Waals surface area contributed by atoms with E-state index in [4.69, 9.17) is 5.11 Å². The Morgan fingerprint density at radius 1 is 1.47 bits per heavy atom. The third-order valence-corrected chi connectivity index (χ3v) is 1.28. The summed E-state index contributed by atoms with van der Waals surface area (Å²) in [7, 11) is 1.19. The van der Waals surface area contributed by atoms with Gasteiger partial charge in [-0.2, -0.15) is 0 Å². The molecule has 0 radical (unpaired) electrons. The fraction of sp³-hybridized carbons (Fsp3) is 0.714. The van der Waals surface area contributed by atoms with Crippen molar-refractivity contribution < 1.29 is 34.0 Å². The van der Waals surface area contributed by atoms with Crippen molar-refractivity contribution in [2.45, 2.75) is 6.92 Å². The molecule has 0 aromatic carbocycles. The molecule has 0 atom stereocenters. The highest BCUT2D eigenvalue weighted by atomic mass is 16.8. The van der Waals surface area contributed by atoms with Crippen LogP contribution in [0.2, 0.25) is 0 Å². The summed E-state index contributed by atoms with van der Waals surface area (Å²) in [6, 6.07) is 0. The van der Waals surface area contributed by atoms with Gasteiger partial charge in [0.15, 0.2) is 6.54 Å². The molecule has 1 N–H and O–H groups in total. The molecule has 0 amide bonds. The molecule has 0 aliphatic carbocycles. The highest BCUT2D eigenvalue weighted by Crippen LogP contribution is 1.90. The molecule has 0 aromatic rings. The largest absolute Gasteiger partial charge is 0.569 e. The van der Waals surface area contributed by atoms with Gasteiger partial charge in [-0.05, 0) is 6.92 Å². The number of carboxylic acid groups (broad SMARTS) is 1. The number of carbonyl (C=O) groups is 2. The molecule has 0 fully saturated rings. The van der Waals surface area contributed by atoms with Crippen molar-refractivity contribution in [1.29, 1.82) is 0 Å². The van der Waals surface area contributed by atoms with Gasteiger partial charge in [0.25, 0.3) is 6.79 Å². The van der Waals surface area contributed by atoms with Crippen LogP contribution < -0.4 is 0 Å². The van der Waals surface area contributed by atoms with E-state index in [9.17, 15) is 14.8 Å². The smallest absolute Gasteiger partial charge is 0.511 e. The summed E-state index contributed by atoms with van der Waals surface area (Å²) in [5.74, 6) is -1.20. The second kappa shape index (κ2) is 7.96. The van der Waals surface area contributed by atoms with Gasteiger partial charge in [-0.25, -0.2) is 4.79 Å². The van der Waals surface area contributed by atoms with Gasteiger partial charge in [-0.15, -0.1) is 5.01 Å². The van der Waals surface area contributed by atoms with Crippen molar-refractivity contribution in [2.24, 2.45) is 5.28 Å². The highest BCUT2D eigenvalue weighted by Gasteiger charge is 2.11. The van der Waals surface area contributed by atoms with E-state index >= 15 is 0 Å². The van der Waals surface area contributed by atoms with Crippen LogP contribution in [0.3, 0.4) is 0 Å². The first-order valence-electron chi connectivity index (χ1n) is 4.50. The van der Waals surface area contributed by atoms with Gasteiger partial charge in [0.05, 0.1) is 18.6 Å². The Hall–Kier alpha value is -2.26. The summed E-state index contributed by atoms with van der Waals surface area (Å²) in [6.07, 6.45) is -0.959. The van der Waals surface area contributed by atoms with Gasteiger partial charge in [-0.3, -0.25) is 4.79 Å². The summed E-state index contributed by atoms with van der Waals surface area (Å²) < 4.78 is 8.70. The van der Waals surface area contributed by atoms with Crippen LogP contribution in [0.1, 0.15) is 6.92 Å². The van der Waals surface area contributed by atoms with E-state index in [1.54, 1.807) is 6.92 Å². The zero-order valence-corrected chi connectivity index (χ0v) is 9.36. The van der Waals surface area contributed by atoms with Gasteiger partial charge < -0.3 is 24.6 Å². The molecule has 0 aliphatic rings. The zero-order valence-electron chi connectivity index (χ0n) is 9.36. The van der Waals surface area contributed by atoms with Gasteiger partial charge in [0, 0.05) is 0 Å². The lowest BCUT2D eigenvalue weighted by molar-refractivity contribution is -0.704. The number of ether oxygens (including phenoxy) is 2. The van der Waals surface area contributed by atoms with E-state index in [-0.39, 0.29) is 11.6 Å². The minimum absolute atomic E-state index is 0.0946. The van der Waals surface area contributed by atoms with Gasteiger partial charge >= 0.3 is 12.1 Å². The summed E-state index contributed by atoms with van der Waals surface area (Å²) >= 11 is 0. The molecule has 0 spiro atoms. The lowest BCUT2D eigenvalue weighted by Gasteiger charge is -2.09. The van der Waals surface area contributed by atoms with Crippen LogP contribution in [-0.2, 0) is 19.1 Å². The molecule has 0 rings (SSSR count). The number of hydrogen-bond donors (Lipinski definition) is 1. The first-order chi connectivity index (χ1) is 7.97. The SMILES string of the molecule is CCOC(=O)OCO/N=[N+](\[O-])N(C)CC(=O)O. The zero-order chi connectivity index (χ0) is 13.3. The molecular formula is C7H13N3O7. The van der Waals surface area contributed by atoms with Crippen LogP contribution in [0, 0.1) is 5.21 Å². The number of nitrogens with zero attached hydrogens (tertiary/aromatic N) is 3.